The van der Waals surface area contributed by atoms with Crippen molar-refractivity contribution in [3.63, 3.8) is 0 Å². The van der Waals surface area contributed by atoms with Crippen LogP contribution in [0.4, 0.5) is 0 Å². The number of hydrogen-bond donors (Lipinski definition) is 0. The highest BCUT2D eigenvalue weighted by Gasteiger charge is 2.00. The zero-order chi connectivity index (χ0) is 9.14. The molecular formula is C12H16. The molecule has 0 aliphatic carbocycles. The Morgan fingerprint density at radius 1 is 1.25 bits per heavy atom. The molecule has 0 aromatic heterocycles. The molecule has 0 radical (unpaired) electrons. The highest BCUT2D eigenvalue weighted by atomic mass is 14.1. The first-order chi connectivity index (χ1) is 5.66. The largest absolute Gasteiger partial charge is 0.0841 e. The zero-order valence-corrected chi connectivity index (χ0v) is 8.31. The molecule has 0 nitrogen and oxygen atoms in total. The Morgan fingerprint density at radius 3 is 2.50 bits per heavy atom. The van der Waals surface area contributed by atoms with Crippen LogP contribution in [0.2, 0.25) is 0 Å². The van der Waals surface area contributed by atoms with E-state index in [1.807, 2.05) is 0 Å². The van der Waals surface area contributed by atoms with Crippen molar-refractivity contribution in [1.29, 1.82) is 0 Å². The van der Waals surface area contributed by atoms with E-state index < -0.39 is 0 Å². The van der Waals surface area contributed by atoms with Gasteiger partial charge in [-0.3, -0.25) is 0 Å². The van der Waals surface area contributed by atoms with E-state index in [1.54, 1.807) is 0 Å². The van der Waals surface area contributed by atoms with E-state index in [2.05, 4.69) is 52.0 Å². The van der Waals surface area contributed by atoms with Gasteiger partial charge in [-0.15, -0.1) is 0 Å². The van der Waals surface area contributed by atoms with Gasteiger partial charge in [-0.1, -0.05) is 24.3 Å². The summed E-state index contributed by atoms with van der Waals surface area (Å²) >= 11 is 0. The monoisotopic (exact) mass is 160 g/mol. The van der Waals surface area contributed by atoms with Gasteiger partial charge in [-0.2, -0.15) is 0 Å². The third-order valence-corrected chi connectivity index (χ3v) is 2.46. The summed E-state index contributed by atoms with van der Waals surface area (Å²) in [6, 6.07) is 6.45. The Hall–Kier alpha value is -1.04. The molecule has 12 heavy (non-hydrogen) atoms. The Morgan fingerprint density at radius 2 is 1.92 bits per heavy atom. The molecule has 1 rings (SSSR count). The second kappa shape index (κ2) is 3.57. The third kappa shape index (κ3) is 1.58. The van der Waals surface area contributed by atoms with Crippen LogP contribution in [-0.4, -0.2) is 0 Å². The molecule has 0 spiro atoms. The van der Waals surface area contributed by atoms with Crippen molar-refractivity contribution in [3.05, 3.63) is 41.0 Å². The fourth-order valence-electron chi connectivity index (χ4n) is 1.33. The Bertz CT molecular complexity index is 306. The maximum Gasteiger partial charge on any atom is -0.0199 e. The molecule has 0 N–H and O–H groups in total. The Kier molecular flexibility index (Phi) is 2.69. The second-order valence-corrected chi connectivity index (χ2v) is 3.22. The van der Waals surface area contributed by atoms with Gasteiger partial charge >= 0.3 is 0 Å². The Labute approximate surface area is 74.9 Å². The summed E-state index contributed by atoms with van der Waals surface area (Å²) in [6.45, 7) is 8.57. The quantitative estimate of drug-likeness (QED) is 0.587. The van der Waals surface area contributed by atoms with E-state index in [-0.39, 0.29) is 0 Å². The van der Waals surface area contributed by atoms with Crippen molar-refractivity contribution in [2.45, 2.75) is 27.7 Å². The maximum absolute atomic E-state index is 2.18. The van der Waals surface area contributed by atoms with Crippen molar-refractivity contribution in [2.24, 2.45) is 0 Å². The lowest BCUT2D eigenvalue weighted by molar-refractivity contribution is 1.31. The van der Waals surface area contributed by atoms with Crippen LogP contribution in [-0.2, 0) is 0 Å². The van der Waals surface area contributed by atoms with Gasteiger partial charge in [-0.25, -0.2) is 0 Å². The molecule has 0 unspecified atom stereocenters. The molecule has 1 aromatic rings. The molecule has 0 atom stereocenters. The summed E-state index contributed by atoms with van der Waals surface area (Å²) in [5.74, 6) is 0. The van der Waals surface area contributed by atoms with Crippen LogP contribution >= 0.6 is 0 Å². The predicted molar refractivity (Wildman–Crippen MR) is 55.2 cm³/mol. The fourth-order valence-corrected chi connectivity index (χ4v) is 1.33. The van der Waals surface area contributed by atoms with Gasteiger partial charge in [0, 0.05) is 0 Å². The lowest BCUT2D eigenvalue weighted by Gasteiger charge is -2.07. The zero-order valence-electron chi connectivity index (χ0n) is 8.31. The topological polar surface area (TPSA) is 0 Å². The van der Waals surface area contributed by atoms with E-state index in [0.29, 0.717) is 0 Å². The molecule has 0 saturated carbocycles. The predicted octanol–water partition coefficient (Wildman–Crippen LogP) is 3.73. The van der Waals surface area contributed by atoms with Gasteiger partial charge in [0.05, 0.1) is 0 Å². The molecular weight excluding hydrogens is 144 g/mol. The molecule has 1 aromatic carbocycles. The first-order valence-corrected chi connectivity index (χ1v) is 4.36. The number of rotatable bonds is 1. The normalized spacial score (nSPS) is 11.8. The summed E-state index contributed by atoms with van der Waals surface area (Å²) in [7, 11) is 0. The fraction of sp³-hybridized carbons (Fsp3) is 0.333. The van der Waals surface area contributed by atoms with Crippen molar-refractivity contribution in [2.75, 3.05) is 0 Å². The smallest absolute Gasteiger partial charge is 0.0199 e. The van der Waals surface area contributed by atoms with Gasteiger partial charge < -0.3 is 0 Å². The van der Waals surface area contributed by atoms with Crippen LogP contribution in [0, 0.1) is 13.8 Å². The lowest BCUT2D eigenvalue weighted by atomic mass is 9.98. The first kappa shape index (κ1) is 9.05. The number of aryl methyl sites for hydroxylation is 1. The van der Waals surface area contributed by atoms with Crippen LogP contribution < -0.4 is 0 Å². The second-order valence-electron chi connectivity index (χ2n) is 3.22. The van der Waals surface area contributed by atoms with E-state index in [9.17, 15) is 0 Å². The van der Waals surface area contributed by atoms with Crippen molar-refractivity contribution in [1.82, 2.24) is 0 Å². The van der Waals surface area contributed by atoms with Crippen LogP contribution in [0.5, 0.6) is 0 Å². The molecule has 0 fully saturated rings. The van der Waals surface area contributed by atoms with Crippen molar-refractivity contribution >= 4 is 5.57 Å². The number of hydrogen-bond acceptors (Lipinski definition) is 0. The average molecular weight is 160 g/mol. The summed E-state index contributed by atoms with van der Waals surface area (Å²) in [5, 5.41) is 0. The summed E-state index contributed by atoms with van der Waals surface area (Å²) in [5.41, 5.74) is 5.50. The minimum atomic E-state index is 1.36. The van der Waals surface area contributed by atoms with Crippen LogP contribution in [0.1, 0.15) is 30.5 Å². The number of benzene rings is 1. The van der Waals surface area contributed by atoms with Gasteiger partial charge in [0.15, 0.2) is 0 Å². The minimum absolute atomic E-state index is 1.36. The molecule has 0 heteroatoms. The highest BCUT2D eigenvalue weighted by molar-refractivity contribution is 5.67. The van der Waals surface area contributed by atoms with Gasteiger partial charge in [0.1, 0.15) is 0 Å². The molecule has 0 aliphatic rings. The van der Waals surface area contributed by atoms with Crippen LogP contribution in [0.15, 0.2) is 24.3 Å². The summed E-state index contributed by atoms with van der Waals surface area (Å²) < 4.78 is 0. The summed E-state index contributed by atoms with van der Waals surface area (Å²) in [6.07, 6.45) is 2.15. The summed E-state index contributed by atoms with van der Waals surface area (Å²) in [4.78, 5) is 0. The minimum Gasteiger partial charge on any atom is -0.0841 e. The van der Waals surface area contributed by atoms with Crippen LogP contribution in [0.25, 0.3) is 5.57 Å². The van der Waals surface area contributed by atoms with Gasteiger partial charge in [0.25, 0.3) is 0 Å². The molecule has 64 valence electrons. The Balaban J connectivity index is 3.26. The molecule has 0 bridgehead atoms. The standard InChI is InChI=1S/C12H16/c1-5-9(2)12-8-6-7-10(3)11(12)4/h5-8H,1-4H3/b9-5-. The molecule has 0 heterocycles. The van der Waals surface area contributed by atoms with E-state index in [0.717, 1.165) is 0 Å². The van der Waals surface area contributed by atoms with Crippen molar-refractivity contribution < 1.29 is 0 Å². The van der Waals surface area contributed by atoms with Crippen LogP contribution in [0.3, 0.4) is 0 Å². The number of allylic oxidation sites excluding steroid dienone is 2. The van der Waals surface area contributed by atoms with Gasteiger partial charge in [0.2, 0.25) is 0 Å². The van der Waals surface area contributed by atoms with E-state index >= 15 is 0 Å². The highest BCUT2D eigenvalue weighted by Crippen LogP contribution is 2.20. The van der Waals surface area contributed by atoms with E-state index in [4.69, 9.17) is 0 Å². The maximum atomic E-state index is 2.18. The average Bonchev–Trinajstić information content (AvgIpc) is 2.08. The van der Waals surface area contributed by atoms with E-state index in [1.165, 1.54) is 22.3 Å². The van der Waals surface area contributed by atoms with Gasteiger partial charge in [-0.05, 0) is 50.0 Å². The van der Waals surface area contributed by atoms with Crippen molar-refractivity contribution in [3.8, 4) is 0 Å². The lowest BCUT2D eigenvalue weighted by Crippen LogP contribution is -1.88. The molecule has 0 amide bonds. The third-order valence-electron chi connectivity index (χ3n) is 2.46. The first-order valence-electron chi connectivity index (χ1n) is 4.36. The molecule has 0 aliphatic heterocycles. The SMILES string of the molecule is C/C=C(/C)c1cccc(C)c1C. The molecule has 0 saturated heterocycles.